The Kier molecular flexibility index (Phi) is 5.74. The van der Waals surface area contributed by atoms with E-state index < -0.39 is 17.0 Å². The maximum atomic E-state index is 11.1. The lowest BCUT2D eigenvalue weighted by Gasteiger charge is -2.11. The fraction of sp³-hybridized carbons (Fsp3) is 0.417. The minimum atomic E-state index is -1.02. The second kappa shape index (κ2) is 7.32. The summed E-state index contributed by atoms with van der Waals surface area (Å²) in [5.41, 5.74) is -0.0996. The number of aliphatic hydroxyl groups is 1. The van der Waals surface area contributed by atoms with Crippen molar-refractivity contribution in [3.05, 3.63) is 34.4 Å². The van der Waals surface area contributed by atoms with Crippen LogP contribution >= 0.6 is 0 Å². The summed E-state index contributed by atoms with van der Waals surface area (Å²) in [7, 11) is 0. The second-order valence-corrected chi connectivity index (χ2v) is 3.73. The molecule has 0 bridgehead atoms. The number of nitrogens with zero attached hydrogens (tertiary/aromatic N) is 1. The second-order valence-electron chi connectivity index (χ2n) is 3.73. The molecular formula is C12H15NO6. The van der Waals surface area contributed by atoms with Gasteiger partial charge in [0, 0.05) is 6.07 Å². The average molecular weight is 269 g/mol. The van der Waals surface area contributed by atoms with Crippen LogP contribution in [0.1, 0.15) is 13.3 Å². The molecule has 1 aromatic carbocycles. The van der Waals surface area contributed by atoms with Gasteiger partial charge in [-0.2, -0.15) is 0 Å². The highest BCUT2D eigenvalue weighted by Crippen LogP contribution is 2.19. The van der Waals surface area contributed by atoms with Crippen LogP contribution in [0.2, 0.25) is 0 Å². The normalized spacial score (nSPS) is 11.7. The number of rotatable bonds is 7. The predicted octanol–water partition coefficient (Wildman–Crippen LogP) is 1.29. The lowest BCUT2D eigenvalue weighted by molar-refractivity contribution is -0.384. The van der Waals surface area contributed by atoms with Gasteiger partial charge in [0.25, 0.3) is 5.69 Å². The van der Waals surface area contributed by atoms with Gasteiger partial charge >= 0.3 is 5.97 Å². The first-order valence-corrected chi connectivity index (χ1v) is 5.74. The standard InChI is InChI=1S/C12H15NO6/c1-2-18-12(15)7-10(14)8-19-11-5-3-4-9(6-11)13(16)17/h3-6,10,14H,2,7-8H2,1H3. The lowest BCUT2D eigenvalue weighted by atomic mass is 10.2. The lowest BCUT2D eigenvalue weighted by Crippen LogP contribution is -2.22. The monoisotopic (exact) mass is 269 g/mol. The Labute approximate surface area is 109 Å². The fourth-order valence-electron chi connectivity index (χ4n) is 1.35. The van der Waals surface area contributed by atoms with E-state index in [1.807, 2.05) is 0 Å². The van der Waals surface area contributed by atoms with Crippen LogP contribution in [-0.4, -0.2) is 35.3 Å². The van der Waals surface area contributed by atoms with E-state index in [4.69, 9.17) is 4.74 Å². The van der Waals surface area contributed by atoms with E-state index in [0.717, 1.165) is 0 Å². The van der Waals surface area contributed by atoms with Crippen LogP contribution in [0.15, 0.2) is 24.3 Å². The minimum Gasteiger partial charge on any atom is -0.491 e. The van der Waals surface area contributed by atoms with Crippen LogP contribution in [0.5, 0.6) is 5.75 Å². The van der Waals surface area contributed by atoms with Gasteiger partial charge in [-0.3, -0.25) is 14.9 Å². The number of ether oxygens (including phenoxy) is 2. The van der Waals surface area contributed by atoms with Crippen LogP contribution < -0.4 is 4.74 Å². The number of esters is 1. The van der Waals surface area contributed by atoms with E-state index in [9.17, 15) is 20.0 Å². The summed E-state index contributed by atoms with van der Waals surface area (Å²) in [6.45, 7) is 1.78. The maximum absolute atomic E-state index is 11.1. The largest absolute Gasteiger partial charge is 0.491 e. The zero-order chi connectivity index (χ0) is 14.3. The van der Waals surface area contributed by atoms with E-state index in [0.29, 0.717) is 0 Å². The molecule has 0 spiro atoms. The van der Waals surface area contributed by atoms with Crippen molar-refractivity contribution < 1.29 is 24.3 Å². The molecule has 0 saturated carbocycles. The zero-order valence-electron chi connectivity index (χ0n) is 10.4. The highest BCUT2D eigenvalue weighted by molar-refractivity contribution is 5.69. The van der Waals surface area contributed by atoms with Crippen molar-refractivity contribution in [3.8, 4) is 5.75 Å². The first kappa shape index (κ1) is 14.9. The number of non-ortho nitro benzene ring substituents is 1. The van der Waals surface area contributed by atoms with Crippen molar-refractivity contribution in [2.75, 3.05) is 13.2 Å². The number of hydrogen-bond acceptors (Lipinski definition) is 6. The molecule has 1 N–H and O–H groups in total. The number of nitro groups is 1. The van der Waals surface area contributed by atoms with Crippen LogP contribution in [-0.2, 0) is 9.53 Å². The Morgan fingerprint density at radius 1 is 1.53 bits per heavy atom. The van der Waals surface area contributed by atoms with Crippen LogP contribution in [0, 0.1) is 10.1 Å². The minimum absolute atomic E-state index is 0.0996. The van der Waals surface area contributed by atoms with E-state index in [2.05, 4.69) is 4.74 Å². The predicted molar refractivity (Wildman–Crippen MR) is 65.8 cm³/mol. The molecule has 0 radical (unpaired) electrons. The van der Waals surface area contributed by atoms with Crippen molar-refractivity contribution in [3.63, 3.8) is 0 Å². The smallest absolute Gasteiger partial charge is 0.308 e. The van der Waals surface area contributed by atoms with E-state index in [1.54, 1.807) is 6.92 Å². The molecule has 1 unspecified atom stereocenters. The van der Waals surface area contributed by atoms with Crippen molar-refractivity contribution >= 4 is 11.7 Å². The topological polar surface area (TPSA) is 98.9 Å². The summed E-state index contributed by atoms with van der Waals surface area (Å²) in [5, 5.41) is 20.1. The summed E-state index contributed by atoms with van der Waals surface area (Å²) < 4.78 is 9.85. The summed E-state index contributed by atoms with van der Waals surface area (Å²) in [4.78, 5) is 21.1. The summed E-state index contributed by atoms with van der Waals surface area (Å²) in [6.07, 6.45) is -1.19. The van der Waals surface area contributed by atoms with Crippen molar-refractivity contribution in [2.45, 2.75) is 19.4 Å². The number of benzene rings is 1. The molecule has 0 saturated heterocycles. The average Bonchev–Trinajstić information content (AvgIpc) is 2.37. The first-order chi connectivity index (χ1) is 9.02. The molecule has 0 aromatic heterocycles. The number of aliphatic hydroxyl groups excluding tert-OH is 1. The summed E-state index contributed by atoms with van der Waals surface area (Å²) >= 11 is 0. The molecule has 1 atom stereocenters. The third-order valence-corrected chi connectivity index (χ3v) is 2.18. The van der Waals surface area contributed by atoms with Gasteiger partial charge in [-0.1, -0.05) is 6.07 Å². The Balaban J connectivity index is 2.45. The van der Waals surface area contributed by atoms with E-state index >= 15 is 0 Å². The molecule has 0 aliphatic rings. The molecule has 0 amide bonds. The molecule has 104 valence electrons. The number of nitro benzene ring substituents is 1. The molecule has 7 nitrogen and oxygen atoms in total. The van der Waals surface area contributed by atoms with Gasteiger partial charge in [0.15, 0.2) is 0 Å². The Hall–Kier alpha value is -2.15. The van der Waals surface area contributed by atoms with Gasteiger partial charge in [-0.15, -0.1) is 0 Å². The molecule has 0 aliphatic heterocycles. The van der Waals surface area contributed by atoms with Crippen LogP contribution in [0.25, 0.3) is 0 Å². The van der Waals surface area contributed by atoms with Crippen molar-refractivity contribution in [1.29, 1.82) is 0 Å². The summed E-state index contributed by atoms with van der Waals surface area (Å²) in [5.74, 6) is -0.255. The van der Waals surface area contributed by atoms with Crippen molar-refractivity contribution in [1.82, 2.24) is 0 Å². The molecule has 7 heteroatoms. The van der Waals surface area contributed by atoms with Crippen LogP contribution in [0.4, 0.5) is 5.69 Å². The van der Waals surface area contributed by atoms with Gasteiger partial charge in [0.2, 0.25) is 0 Å². The Morgan fingerprint density at radius 2 is 2.26 bits per heavy atom. The molecule has 0 fully saturated rings. The number of hydrogen-bond donors (Lipinski definition) is 1. The molecule has 19 heavy (non-hydrogen) atoms. The maximum Gasteiger partial charge on any atom is 0.308 e. The number of carbonyl (C=O) groups is 1. The third kappa shape index (κ3) is 5.35. The van der Waals surface area contributed by atoms with Gasteiger partial charge in [-0.05, 0) is 13.0 Å². The molecule has 0 heterocycles. The van der Waals surface area contributed by atoms with E-state index in [1.165, 1.54) is 24.3 Å². The van der Waals surface area contributed by atoms with Crippen LogP contribution in [0.3, 0.4) is 0 Å². The first-order valence-electron chi connectivity index (χ1n) is 5.74. The quantitative estimate of drug-likeness (QED) is 0.455. The molecule has 0 aliphatic carbocycles. The summed E-state index contributed by atoms with van der Waals surface area (Å²) in [6, 6.07) is 5.59. The fourth-order valence-corrected chi connectivity index (χ4v) is 1.35. The Bertz CT molecular complexity index is 448. The highest BCUT2D eigenvalue weighted by Gasteiger charge is 2.13. The molecule has 1 aromatic rings. The van der Waals surface area contributed by atoms with Gasteiger partial charge < -0.3 is 14.6 Å². The van der Waals surface area contributed by atoms with Gasteiger partial charge in [0.05, 0.1) is 30.1 Å². The third-order valence-electron chi connectivity index (χ3n) is 2.18. The van der Waals surface area contributed by atoms with Gasteiger partial charge in [0.1, 0.15) is 12.4 Å². The highest BCUT2D eigenvalue weighted by atomic mass is 16.6. The Morgan fingerprint density at radius 3 is 2.89 bits per heavy atom. The van der Waals surface area contributed by atoms with E-state index in [-0.39, 0.29) is 31.1 Å². The van der Waals surface area contributed by atoms with Gasteiger partial charge in [-0.25, -0.2) is 0 Å². The SMILES string of the molecule is CCOC(=O)CC(O)COc1cccc([N+](=O)[O-])c1. The zero-order valence-corrected chi connectivity index (χ0v) is 10.4. The molecule has 1 rings (SSSR count). The molecular weight excluding hydrogens is 254 g/mol. The van der Waals surface area contributed by atoms with Crippen molar-refractivity contribution in [2.24, 2.45) is 0 Å². The number of carbonyl (C=O) groups excluding carboxylic acids is 1.